The van der Waals surface area contributed by atoms with Crippen LogP contribution in [0.4, 0.5) is 0 Å². The second-order valence-corrected chi connectivity index (χ2v) is 16.7. The van der Waals surface area contributed by atoms with E-state index in [1.54, 1.807) is 6.08 Å². The molecule has 9 heteroatoms. The predicted molar refractivity (Wildman–Crippen MR) is 224 cm³/mol. The van der Waals surface area contributed by atoms with E-state index in [2.05, 4.69) is 61.7 Å². The third kappa shape index (κ3) is 38.3. The Hall–Kier alpha value is -1.80. The van der Waals surface area contributed by atoms with E-state index < -0.39 is 26.6 Å². The second-order valence-electron chi connectivity index (χ2n) is 15.3. The lowest BCUT2D eigenvalue weighted by Gasteiger charge is -2.29. The van der Waals surface area contributed by atoms with Gasteiger partial charge < -0.3 is 28.8 Å². The van der Waals surface area contributed by atoms with E-state index in [0.717, 1.165) is 38.5 Å². The molecule has 308 valence electrons. The number of carbonyl (C=O) groups excluding carboxylic acids is 1. The van der Waals surface area contributed by atoms with E-state index >= 15 is 0 Å². The number of unbranched alkanes of at least 4 members (excludes halogenated alkanes) is 16. The topological polar surface area (TPSA) is 108 Å². The minimum atomic E-state index is -4.61. The summed E-state index contributed by atoms with van der Waals surface area (Å²) >= 11 is 0. The molecule has 0 saturated carbocycles. The molecule has 53 heavy (non-hydrogen) atoms. The van der Waals surface area contributed by atoms with Crippen molar-refractivity contribution >= 4 is 13.7 Å². The average molecular weight is 765 g/mol. The van der Waals surface area contributed by atoms with Gasteiger partial charge in [-0.25, -0.2) is 0 Å². The monoisotopic (exact) mass is 765 g/mol. The summed E-state index contributed by atoms with van der Waals surface area (Å²) in [5, 5.41) is 13.7. The summed E-state index contributed by atoms with van der Waals surface area (Å²) in [4.78, 5) is 25.2. The van der Waals surface area contributed by atoms with E-state index in [9.17, 15) is 19.4 Å². The molecule has 0 aliphatic heterocycles. The van der Waals surface area contributed by atoms with Crippen LogP contribution in [-0.4, -0.2) is 68.5 Å². The van der Waals surface area contributed by atoms with Gasteiger partial charge in [0.15, 0.2) is 0 Å². The van der Waals surface area contributed by atoms with Gasteiger partial charge in [0.1, 0.15) is 13.2 Å². The average Bonchev–Trinajstić information content (AvgIpc) is 3.10. The second kappa shape index (κ2) is 35.9. The van der Waals surface area contributed by atoms with Crippen molar-refractivity contribution in [3.05, 3.63) is 60.8 Å². The van der Waals surface area contributed by atoms with Crippen LogP contribution >= 0.6 is 7.82 Å². The van der Waals surface area contributed by atoms with Crippen LogP contribution < -0.4 is 10.2 Å². The molecule has 0 aromatic heterocycles. The zero-order valence-electron chi connectivity index (χ0n) is 34.7. The summed E-state index contributed by atoms with van der Waals surface area (Å²) < 4.78 is 23.1. The van der Waals surface area contributed by atoms with Gasteiger partial charge in [0.2, 0.25) is 5.91 Å². The fourth-order valence-corrected chi connectivity index (χ4v) is 6.25. The van der Waals surface area contributed by atoms with Crippen LogP contribution in [0.1, 0.15) is 162 Å². The Morgan fingerprint density at radius 2 is 1.11 bits per heavy atom. The number of nitrogens with one attached hydrogen (secondary N) is 1. The maximum absolute atomic E-state index is 12.8. The van der Waals surface area contributed by atoms with Gasteiger partial charge in [0.05, 0.1) is 39.9 Å². The van der Waals surface area contributed by atoms with E-state index in [1.807, 2.05) is 33.3 Å². The van der Waals surface area contributed by atoms with Crippen molar-refractivity contribution in [1.29, 1.82) is 0 Å². The van der Waals surface area contributed by atoms with E-state index in [1.165, 1.54) is 96.3 Å². The summed E-state index contributed by atoms with van der Waals surface area (Å²) in [7, 11) is 1.19. The normalized spacial score (nSPS) is 15.1. The smallest absolute Gasteiger partial charge is 0.268 e. The highest BCUT2D eigenvalue weighted by Gasteiger charge is 2.23. The van der Waals surface area contributed by atoms with Crippen LogP contribution in [0.15, 0.2) is 60.8 Å². The molecule has 0 aromatic carbocycles. The highest BCUT2D eigenvalue weighted by atomic mass is 31.2. The van der Waals surface area contributed by atoms with Crippen molar-refractivity contribution in [1.82, 2.24) is 5.32 Å². The minimum Gasteiger partial charge on any atom is -0.756 e. The number of likely N-dealkylation sites (N-methyl/N-ethyl adjacent to an activating group) is 1. The Kier molecular flexibility index (Phi) is 34.7. The number of allylic oxidation sites excluding steroid dienone is 9. The lowest BCUT2D eigenvalue weighted by atomic mass is 10.1. The fraction of sp³-hybridized carbons (Fsp3) is 0.750. The number of rotatable bonds is 37. The Balaban J connectivity index is 4.64. The van der Waals surface area contributed by atoms with Crippen molar-refractivity contribution in [2.24, 2.45) is 0 Å². The van der Waals surface area contributed by atoms with Crippen LogP contribution in [0.2, 0.25) is 0 Å². The van der Waals surface area contributed by atoms with Crippen LogP contribution in [0.25, 0.3) is 0 Å². The van der Waals surface area contributed by atoms with Crippen LogP contribution in [0.3, 0.4) is 0 Å². The lowest BCUT2D eigenvalue weighted by Crippen LogP contribution is -2.45. The van der Waals surface area contributed by atoms with Gasteiger partial charge in [-0.15, -0.1) is 0 Å². The fourth-order valence-electron chi connectivity index (χ4n) is 5.53. The Morgan fingerprint density at radius 3 is 1.64 bits per heavy atom. The number of quaternary nitrogens is 1. The van der Waals surface area contributed by atoms with Gasteiger partial charge in [0.25, 0.3) is 7.82 Å². The number of hydrogen-bond donors (Lipinski definition) is 2. The Morgan fingerprint density at radius 1 is 0.660 bits per heavy atom. The van der Waals surface area contributed by atoms with Gasteiger partial charge in [-0.3, -0.25) is 9.36 Å². The van der Waals surface area contributed by atoms with Gasteiger partial charge in [0, 0.05) is 6.42 Å². The third-order valence-electron chi connectivity index (χ3n) is 8.94. The molecule has 3 unspecified atom stereocenters. The lowest BCUT2D eigenvalue weighted by molar-refractivity contribution is -0.870. The number of amides is 1. The van der Waals surface area contributed by atoms with Gasteiger partial charge in [-0.2, -0.15) is 0 Å². The first-order valence-corrected chi connectivity index (χ1v) is 22.6. The number of aliphatic hydroxyl groups excluding tert-OH is 1. The molecule has 3 atom stereocenters. The molecule has 0 fully saturated rings. The molecule has 2 N–H and O–H groups in total. The standard InChI is InChI=1S/C44H81N2O6P/c1-6-8-10-12-14-16-18-20-21-22-23-24-26-27-29-31-33-35-37-43(47)42(41-52-53(49,50)51-40-39-46(3,4)5)45-44(48)38-36-34-32-30-28-25-19-17-15-13-11-9-7-2/h22-23,25,27-29,32,34-35,37,42-43,47H,6-21,24,26,30-31,33,36,38-41H2,1-5H3,(H-,45,48,49,50)/b23-22+,28-25-,29-27+,34-32-,37-35+. The molecule has 8 nitrogen and oxygen atoms in total. The molecule has 0 saturated heterocycles. The van der Waals surface area contributed by atoms with E-state index in [-0.39, 0.29) is 18.9 Å². The van der Waals surface area contributed by atoms with Crippen molar-refractivity contribution in [2.45, 2.75) is 174 Å². The van der Waals surface area contributed by atoms with Crippen molar-refractivity contribution in [3.8, 4) is 0 Å². The summed E-state index contributed by atoms with van der Waals surface area (Å²) in [6.45, 7) is 4.53. The zero-order chi connectivity index (χ0) is 39.3. The predicted octanol–water partition coefficient (Wildman–Crippen LogP) is 10.8. The van der Waals surface area contributed by atoms with Crippen LogP contribution in [0, 0.1) is 0 Å². The van der Waals surface area contributed by atoms with Gasteiger partial charge >= 0.3 is 0 Å². The SMILES string of the molecule is CCCCCCCC/C=C\C/C=C\CCC(=O)NC(COP(=O)([O-])OCC[N+](C)(C)C)C(O)/C=C/CC/C=C/CC/C=C/CCCCCCCCCC. The number of phosphoric acid groups is 1. The Labute approximate surface area is 326 Å². The first-order chi connectivity index (χ1) is 25.5. The van der Waals surface area contributed by atoms with Gasteiger partial charge in [-0.05, 0) is 64.2 Å². The minimum absolute atomic E-state index is 0.0204. The first kappa shape index (κ1) is 51.2. The molecule has 0 heterocycles. The molecular formula is C44H81N2O6P. The third-order valence-corrected chi connectivity index (χ3v) is 9.91. The van der Waals surface area contributed by atoms with Crippen LogP contribution in [-0.2, 0) is 18.4 Å². The van der Waals surface area contributed by atoms with Gasteiger partial charge in [-0.1, -0.05) is 152 Å². The summed E-state index contributed by atoms with van der Waals surface area (Å²) in [5.41, 5.74) is 0. The highest BCUT2D eigenvalue weighted by Crippen LogP contribution is 2.38. The first-order valence-electron chi connectivity index (χ1n) is 21.2. The molecule has 1 amide bonds. The Bertz CT molecular complexity index is 1050. The van der Waals surface area contributed by atoms with Crippen molar-refractivity contribution in [2.75, 3.05) is 40.9 Å². The summed E-state index contributed by atoms with van der Waals surface area (Å²) in [5.74, 6) is -0.282. The molecule has 0 rings (SSSR count). The molecule has 0 aromatic rings. The maximum Gasteiger partial charge on any atom is 0.268 e. The quantitative estimate of drug-likeness (QED) is 0.0282. The van der Waals surface area contributed by atoms with Crippen LogP contribution in [0.5, 0.6) is 0 Å². The van der Waals surface area contributed by atoms with Crippen molar-refractivity contribution in [3.63, 3.8) is 0 Å². The van der Waals surface area contributed by atoms with E-state index in [0.29, 0.717) is 17.4 Å². The molecule has 0 aliphatic rings. The molecule has 0 bridgehead atoms. The largest absolute Gasteiger partial charge is 0.756 e. The van der Waals surface area contributed by atoms with E-state index in [4.69, 9.17) is 9.05 Å². The van der Waals surface area contributed by atoms with Crippen molar-refractivity contribution < 1.29 is 32.9 Å². The summed E-state index contributed by atoms with van der Waals surface area (Å²) in [6.07, 6.45) is 45.7. The zero-order valence-corrected chi connectivity index (χ0v) is 35.6. The molecular weight excluding hydrogens is 683 g/mol. The number of nitrogens with zero attached hydrogens (tertiary/aromatic N) is 1. The molecule has 0 spiro atoms. The summed E-state index contributed by atoms with van der Waals surface area (Å²) in [6, 6.07) is -0.940. The highest BCUT2D eigenvalue weighted by molar-refractivity contribution is 7.45. The number of aliphatic hydroxyl groups is 1. The molecule has 0 radical (unpaired) electrons. The number of phosphoric ester groups is 1. The number of hydrogen-bond acceptors (Lipinski definition) is 6. The maximum atomic E-state index is 12.8. The molecule has 0 aliphatic carbocycles. The number of carbonyl (C=O) groups is 1.